The van der Waals surface area contributed by atoms with Crippen LogP contribution in [0.3, 0.4) is 0 Å². The van der Waals surface area contributed by atoms with Crippen LogP contribution in [0.1, 0.15) is 11.4 Å². The second kappa shape index (κ2) is 3.99. The fraction of sp³-hybridized carbons (Fsp3) is 0.500. The predicted molar refractivity (Wildman–Crippen MR) is 46.0 cm³/mol. The Kier molecular flexibility index (Phi) is 2.96. The van der Waals surface area contributed by atoms with Gasteiger partial charge in [-0.1, -0.05) is 0 Å². The third-order valence-electron chi connectivity index (χ3n) is 1.46. The minimum absolute atomic E-state index is 0.291. The fourth-order valence-electron chi connectivity index (χ4n) is 0.871. The molecule has 0 bridgehead atoms. The van der Waals surface area contributed by atoms with Crippen LogP contribution in [-0.2, 0) is 0 Å². The van der Waals surface area contributed by atoms with Gasteiger partial charge in [0.2, 0.25) is 0 Å². The van der Waals surface area contributed by atoms with Crippen LogP contribution in [0.5, 0.6) is 0 Å². The molecule has 0 aromatic carbocycles. The van der Waals surface area contributed by atoms with Gasteiger partial charge < -0.3 is 5.32 Å². The lowest BCUT2D eigenvalue weighted by molar-refractivity contribution is 0.512. The van der Waals surface area contributed by atoms with E-state index in [9.17, 15) is 4.39 Å². The van der Waals surface area contributed by atoms with E-state index in [0.717, 1.165) is 11.4 Å². The quantitative estimate of drug-likeness (QED) is 0.744. The van der Waals surface area contributed by atoms with Crippen molar-refractivity contribution in [3.8, 4) is 0 Å². The molecule has 1 rings (SSSR count). The maximum Gasteiger partial charge on any atom is 0.147 e. The number of anilines is 1. The smallest absolute Gasteiger partial charge is 0.147 e. The van der Waals surface area contributed by atoms with Crippen LogP contribution in [0.4, 0.5) is 10.2 Å². The number of alkyl halides is 1. The first-order chi connectivity index (χ1) is 5.74. The normalized spacial score (nSPS) is 9.92. The van der Waals surface area contributed by atoms with Gasteiger partial charge in [-0.2, -0.15) is 0 Å². The van der Waals surface area contributed by atoms with Crippen molar-refractivity contribution in [3.63, 3.8) is 0 Å². The van der Waals surface area contributed by atoms with Gasteiger partial charge in [0.25, 0.3) is 0 Å². The van der Waals surface area contributed by atoms with Crippen LogP contribution in [0, 0.1) is 13.8 Å². The fourth-order valence-corrected chi connectivity index (χ4v) is 0.871. The lowest BCUT2D eigenvalue weighted by Gasteiger charge is -2.05. The molecule has 0 fully saturated rings. The zero-order chi connectivity index (χ0) is 8.97. The summed E-state index contributed by atoms with van der Waals surface area (Å²) in [5.74, 6) is 0.674. The molecule has 1 N–H and O–H groups in total. The summed E-state index contributed by atoms with van der Waals surface area (Å²) in [6.07, 6.45) is 1.69. The molecule has 12 heavy (non-hydrogen) atoms. The van der Waals surface area contributed by atoms with Crippen LogP contribution in [0.2, 0.25) is 0 Å². The number of nitrogens with one attached hydrogen (secondary N) is 1. The minimum Gasteiger partial charge on any atom is -0.366 e. The Hall–Kier alpha value is -1.19. The molecule has 1 aromatic heterocycles. The maximum atomic E-state index is 11.8. The van der Waals surface area contributed by atoms with Gasteiger partial charge in [0.1, 0.15) is 12.5 Å². The number of aromatic nitrogens is 2. The SMILES string of the molecule is Cc1cnc(C)c(NCCF)n1. The molecule has 0 amide bonds. The average molecular weight is 169 g/mol. The first-order valence-electron chi connectivity index (χ1n) is 3.84. The molecular weight excluding hydrogens is 157 g/mol. The molecule has 0 aliphatic rings. The van der Waals surface area contributed by atoms with Crippen molar-refractivity contribution in [1.82, 2.24) is 9.97 Å². The summed E-state index contributed by atoms with van der Waals surface area (Å²) >= 11 is 0. The molecular formula is C8H12FN3. The van der Waals surface area contributed by atoms with Crippen molar-refractivity contribution in [2.45, 2.75) is 13.8 Å². The molecule has 1 heterocycles. The molecule has 4 heteroatoms. The molecule has 0 unspecified atom stereocenters. The molecule has 0 aliphatic carbocycles. The molecule has 0 saturated heterocycles. The molecule has 66 valence electrons. The second-order valence-electron chi connectivity index (χ2n) is 2.56. The van der Waals surface area contributed by atoms with Gasteiger partial charge in [0.15, 0.2) is 0 Å². The van der Waals surface area contributed by atoms with Gasteiger partial charge in [-0.25, -0.2) is 9.37 Å². The van der Waals surface area contributed by atoms with Crippen LogP contribution >= 0.6 is 0 Å². The van der Waals surface area contributed by atoms with E-state index in [1.807, 2.05) is 13.8 Å². The van der Waals surface area contributed by atoms with E-state index in [1.54, 1.807) is 6.20 Å². The van der Waals surface area contributed by atoms with Gasteiger partial charge in [0.05, 0.1) is 11.4 Å². The first kappa shape index (κ1) is 8.90. The van der Waals surface area contributed by atoms with Crippen molar-refractivity contribution in [2.75, 3.05) is 18.5 Å². The van der Waals surface area contributed by atoms with E-state index in [2.05, 4.69) is 15.3 Å². The highest BCUT2D eigenvalue weighted by Crippen LogP contribution is 2.07. The van der Waals surface area contributed by atoms with E-state index in [-0.39, 0.29) is 0 Å². The molecule has 3 nitrogen and oxygen atoms in total. The van der Waals surface area contributed by atoms with E-state index in [4.69, 9.17) is 0 Å². The zero-order valence-electron chi connectivity index (χ0n) is 7.26. The first-order valence-corrected chi connectivity index (χ1v) is 3.84. The average Bonchev–Trinajstić information content (AvgIpc) is 2.07. The minimum atomic E-state index is -0.394. The van der Waals surface area contributed by atoms with Crippen LogP contribution in [0.25, 0.3) is 0 Å². The summed E-state index contributed by atoms with van der Waals surface area (Å²) in [4.78, 5) is 8.25. The van der Waals surface area contributed by atoms with E-state index in [1.165, 1.54) is 0 Å². The monoisotopic (exact) mass is 169 g/mol. The largest absolute Gasteiger partial charge is 0.366 e. The second-order valence-corrected chi connectivity index (χ2v) is 2.56. The Morgan fingerprint density at radius 1 is 1.50 bits per heavy atom. The van der Waals surface area contributed by atoms with Crippen molar-refractivity contribution in [3.05, 3.63) is 17.6 Å². The number of rotatable bonds is 3. The predicted octanol–water partition coefficient (Wildman–Crippen LogP) is 1.47. The summed E-state index contributed by atoms with van der Waals surface area (Å²) in [6.45, 7) is 3.59. The topological polar surface area (TPSA) is 37.8 Å². The van der Waals surface area contributed by atoms with Gasteiger partial charge in [0, 0.05) is 12.7 Å². The van der Waals surface area contributed by atoms with E-state index < -0.39 is 6.67 Å². The van der Waals surface area contributed by atoms with E-state index in [0.29, 0.717) is 12.4 Å². The summed E-state index contributed by atoms with van der Waals surface area (Å²) in [7, 11) is 0. The Bertz CT molecular complexity index is 262. The molecule has 0 spiro atoms. The van der Waals surface area contributed by atoms with Crippen molar-refractivity contribution >= 4 is 5.82 Å². The van der Waals surface area contributed by atoms with Crippen molar-refractivity contribution < 1.29 is 4.39 Å². The number of aryl methyl sites for hydroxylation is 2. The maximum absolute atomic E-state index is 11.8. The van der Waals surface area contributed by atoms with Gasteiger partial charge in [-0.15, -0.1) is 0 Å². The summed E-state index contributed by atoms with van der Waals surface area (Å²) in [5, 5.41) is 2.85. The Balaban J connectivity index is 2.75. The van der Waals surface area contributed by atoms with Crippen molar-refractivity contribution in [1.29, 1.82) is 0 Å². The highest BCUT2D eigenvalue weighted by atomic mass is 19.1. The van der Waals surface area contributed by atoms with Crippen LogP contribution < -0.4 is 5.32 Å². The third kappa shape index (κ3) is 2.15. The Morgan fingerprint density at radius 3 is 2.92 bits per heavy atom. The lowest BCUT2D eigenvalue weighted by Crippen LogP contribution is -2.07. The summed E-state index contributed by atoms with van der Waals surface area (Å²) in [6, 6.07) is 0. The molecule has 0 radical (unpaired) electrons. The Morgan fingerprint density at radius 2 is 2.25 bits per heavy atom. The van der Waals surface area contributed by atoms with E-state index >= 15 is 0 Å². The molecule has 0 aliphatic heterocycles. The summed E-state index contributed by atoms with van der Waals surface area (Å²) in [5.41, 5.74) is 1.64. The van der Waals surface area contributed by atoms with Gasteiger partial charge >= 0.3 is 0 Å². The number of halogens is 1. The lowest BCUT2D eigenvalue weighted by atomic mass is 10.4. The number of hydrogen-bond acceptors (Lipinski definition) is 3. The molecule has 0 atom stereocenters. The highest BCUT2D eigenvalue weighted by Gasteiger charge is 1.99. The number of hydrogen-bond donors (Lipinski definition) is 1. The standard InChI is InChI=1S/C8H12FN3/c1-6-5-11-7(2)8(12-6)10-4-3-9/h5H,3-4H2,1-2H3,(H,10,12). The van der Waals surface area contributed by atoms with Crippen molar-refractivity contribution in [2.24, 2.45) is 0 Å². The van der Waals surface area contributed by atoms with Gasteiger partial charge in [-0.05, 0) is 13.8 Å². The Labute approximate surface area is 71.0 Å². The summed E-state index contributed by atoms with van der Waals surface area (Å²) < 4.78 is 11.8. The molecule has 0 saturated carbocycles. The highest BCUT2D eigenvalue weighted by molar-refractivity contribution is 5.39. The number of nitrogens with zero attached hydrogens (tertiary/aromatic N) is 2. The molecule has 1 aromatic rings. The van der Waals surface area contributed by atoms with Crippen LogP contribution in [-0.4, -0.2) is 23.2 Å². The third-order valence-corrected chi connectivity index (χ3v) is 1.46. The van der Waals surface area contributed by atoms with Gasteiger partial charge in [-0.3, -0.25) is 4.98 Å². The van der Waals surface area contributed by atoms with Crippen LogP contribution in [0.15, 0.2) is 6.20 Å². The zero-order valence-corrected chi connectivity index (χ0v) is 7.26.